The normalized spacial score (nSPS) is 18.7. The van der Waals surface area contributed by atoms with Gasteiger partial charge in [-0.2, -0.15) is 15.8 Å². The van der Waals surface area contributed by atoms with Gasteiger partial charge in [0.15, 0.2) is 0 Å². The minimum atomic E-state index is -3.99. The molecule has 0 unspecified atom stereocenters. The topological polar surface area (TPSA) is 158 Å². The number of nitrogens with two attached hydrogens (primary N) is 1. The summed E-state index contributed by atoms with van der Waals surface area (Å²) in [5, 5.41) is 18.7. The van der Waals surface area contributed by atoms with Gasteiger partial charge in [-0.05, 0) is 17.3 Å². The number of nitrogens with one attached hydrogen (secondary N) is 1. The predicted molar refractivity (Wildman–Crippen MR) is 96.9 cm³/mol. The molecule has 26 heavy (non-hydrogen) atoms. The van der Waals surface area contributed by atoms with Crippen LogP contribution in [0.1, 0.15) is 5.56 Å². The van der Waals surface area contributed by atoms with Crippen molar-refractivity contribution in [3.05, 3.63) is 23.8 Å². The zero-order chi connectivity index (χ0) is 18.8. The second-order valence-corrected chi connectivity index (χ2v) is 9.70. The Morgan fingerprint density at radius 2 is 2.04 bits per heavy atom. The Labute approximate surface area is 152 Å². The summed E-state index contributed by atoms with van der Waals surface area (Å²) in [6.07, 6.45) is 0. The molecule has 1 fully saturated rings. The average Bonchev–Trinajstić information content (AvgIpc) is 3.09. The molecular formula is C14H18N6O4S2. The van der Waals surface area contributed by atoms with Gasteiger partial charge in [0.2, 0.25) is 15.8 Å². The van der Waals surface area contributed by atoms with Crippen molar-refractivity contribution in [3.63, 3.8) is 0 Å². The highest BCUT2D eigenvalue weighted by molar-refractivity contribution is 8.24. The summed E-state index contributed by atoms with van der Waals surface area (Å²) in [6.45, 7) is 1.51. The summed E-state index contributed by atoms with van der Waals surface area (Å²) in [7, 11) is -6.44. The second kappa shape index (κ2) is 7.31. The van der Waals surface area contributed by atoms with Crippen LogP contribution in [0.3, 0.4) is 0 Å². The third-order valence-corrected chi connectivity index (χ3v) is 6.52. The molecule has 3 rings (SSSR count). The molecule has 140 valence electrons. The summed E-state index contributed by atoms with van der Waals surface area (Å²) in [4.78, 5) is 1.88. The van der Waals surface area contributed by atoms with Crippen molar-refractivity contribution < 1.29 is 17.5 Å². The molecule has 0 atom stereocenters. The van der Waals surface area contributed by atoms with Gasteiger partial charge >= 0.3 is 0 Å². The Bertz CT molecular complexity index is 940. The first-order valence-electron chi connectivity index (χ1n) is 7.61. The zero-order valence-electron chi connectivity index (χ0n) is 13.7. The van der Waals surface area contributed by atoms with E-state index in [1.54, 1.807) is 12.1 Å². The van der Waals surface area contributed by atoms with Crippen LogP contribution in [-0.4, -0.2) is 74.2 Å². The Morgan fingerprint density at radius 3 is 2.65 bits per heavy atom. The number of aromatic amines is 1. The zero-order valence-corrected chi connectivity index (χ0v) is 15.3. The van der Waals surface area contributed by atoms with Crippen molar-refractivity contribution >= 4 is 20.6 Å². The number of nitrogens with zero attached hydrogens (tertiary/aromatic N) is 4. The van der Waals surface area contributed by atoms with E-state index in [0.717, 1.165) is 0 Å². The van der Waals surface area contributed by atoms with Crippen molar-refractivity contribution in [2.45, 2.75) is 4.90 Å². The van der Waals surface area contributed by atoms with Gasteiger partial charge in [-0.15, -0.1) is 10.2 Å². The Kier molecular flexibility index (Phi) is 5.28. The van der Waals surface area contributed by atoms with E-state index < -0.39 is 20.6 Å². The van der Waals surface area contributed by atoms with Crippen LogP contribution in [0.15, 0.2) is 23.1 Å². The maximum Gasteiger partial charge on any atom is 0.238 e. The number of hydrogen-bond donors (Lipinski definition) is 4. The molecule has 0 spiro atoms. The maximum absolute atomic E-state index is 11.9. The molecule has 1 aliphatic rings. The first-order valence-corrected chi connectivity index (χ1v) is 11.0. The number of tetrazole rings is 1. The van der Waals surface area contributed by atoms with E-state index in [1.165, 1.54) is 6.07 Å². The van der Waals surface area contributed by atoms with Crippen LogP contribution in [0, 0.1) is 11.8 Å². The van der Waals surface area contributed by atoms with Gasteiger partial charge in [0.1, 0.15) is 0 Å². The SMILES string of the molecule is NS(=O)(=O)c1cccc(C#CCN2CCS(O)(O)CC2)c1-c1nn[nH]n1. The maximum atomic E-state index is 11.9. The van der Waals surface area contributed by atoms with Gasteiger partial charge < -0.3 is 0 Å². The van der Waals surface area contributed by atoms with E-state index in [2.05, 4.69) is 32.5 Å². The van der Waals surface area contributed by atoms with Crippen molar-refractivity contribution in [3.8, 4) is 23.2 Å². The van der Waals surface area contributed by atoms with Gasteiger partial charge in [0.25, 0.3) is 0 Å². The minimum absolute atomic E-state index is 0.0887. The molecule has 12 heteroatoms. The smallest absolute Gasteiger partial charge is 0.238 e. The summed E-state index contributed by atoms with van der Waals surface area (Å²) < 4.78 is 43.0. The van der Waals surface area contributed by atoms with E-state index in [0.29, 0.717) is 36.7 Å². The third-order valence-electron chi connectivity index (χ3n) is 3.90. The molecule has 1 aromatic carbocycles. The monoisotopic (exact) mass is 398 g/mol. The van der Waals surface area contributed by atoms with Gasteiger partial charge in [-0.3, -0.25) is 14.0 Å². The molecule has 5 N–H and O–H groups in total. The number of aromatic nitrogens is 4. The highest BCUT2D eigenvalue weighted by atomic mass is 32.3. The fourth-order valence-corrected chi connectivity index (χ4v) is 4.60. The van der Waals surface area contributed by atoms with E-state index in [4.69, 9.17) is 5.14 Å². The highest BCUT2D eigenvalue weighted by Gasteiger charge is 2.22. The van der Waals surface area contributed by atoms with Crippen LogP contribution in [0.4, 0.5) is 0 Å². The van der Waals surface area contributed by atoms with E-state index in [-0.39, 0.29) is 16.3 Å². The predicted octanol–water partition coefficient (Wildman–Crippen LogP) is -0.0682. The molecule has 0 radical (unpaired) electrons. The van der Waals surface area contributed by atoms with Gasteiger partial charge in [-0.25, -0.2) is 13.6 Å². The van der Waals surface area contributed by atoms with Gasteiger partial charge in [0.05, 0.1) is 28.5 Å². The van der Waals surface area contributed by atoms with Crippen molar-refractivity contribution in [2.24, 2.45) is 5.14 Å². The number of primary sulfonamides is 1. The standard InChI is InChI=1S/C14H18N6O4S2/c15-26(23,24)12-5-1-3-11(13(12)14-16-18-19-17-14)4-2-6-20-7-9-25(21,22)10-8-20/h1,3,5,21-22H,6-10H2,(H2,15,23,24)(H,16,17,18,19). The Hall–Kier alpha value is -2.01. The number of benzene rings is 1. The fourth-order valence-electron chi connectivity index (χ4n) is 2.54. The second-order valence-electron chi connectivity index (χ2n) is 5.75. The lowest BCUT2D eigenvalue weighted by Gasteiger charge is -2.40. The molecule has 0 aliphatic carbocycles. The highest BCUT2D eigenvalue weighted by Crippen LogP contribution is 2.40. The summed E-state index contributed by atoms with van der Waals surface area (Å²) in [5.41, 5.74) is 0.614. The van der Waals surface area contributed by atoms with Gasteiger partial charge in [0, 0.05) is 18.7 Å². The van der Waals surface area contributed by atoms with Crippen LogP contribution in [-0.2, 0) is 10.0 Å². The van der Waals surface area contributed by atoms with Crippen LogP contribution < -0.4 is 5.14 Å². The summed E-state index contributed by atoms with van der Waals surface area (Å²) >= 11 is 0. The van der Waals surface area contributed by atoms with E-state index in [1.807, 2.05) is 4.90 Å². The number of hydrogen-bond acceptors (Lipinski definition) is 8. The number of rotatable bonds is 3. The largest absolute Gasteiger partial charge is 0.299 e. The Morgan fingerprint density at radius 1 is 1.31 bits per heavy atom. The summed E-state index contributed by atoms with van der Waals surface area (Å²) in [5.74, 6) is 6.67. The molecule has 1 aromatic heterocycles. The Balaban J connectivity index is 1.88. The van der Waals surface area contributed by atoms with Crippen molar-refractivity contribution in [1.82, 2.24) is 25.5 Å². The average molecular weight is 398 g/mol. The molecular weight excluding hydrogens is 380 g/mol. The lowest BCUT2D eigenvalue weighted by Crippen LogP contribution is -2.38. The first-order chi connectivity index (χ1) is 12.3. The van der Waals surface area contributed by atoms with E-state index in [9.17, 15) is 17.5 Å². The molecule has 1 aliphatic heterocycles. The third kappa shape index (κ3) is 4.39. The molecule has 2 aromatic rings. The molecule has 0 bridgehead atoms. The first kappa shape index (κ1) is 18.8. The number of H-pyrrole nitrogens is 1. The molecule has 0 amide bonds. The van der Waals surface area contributed by atoms with Crippen molar-refractivity contribution in [2.75, 3.05) is 31.1 Å². The molecule has 0 saturated carbocycles. The van der Waals surface area contributed by atoms with Crippen LogP contribution in [0.2, 0.25) is 0 Å². The molecule has 2 heterocycles. The van der Waals surface area contributed by atoms with E-state index >= 15 is 0 Å². The van der Waals surface area contributed by atoms with Crippen LogP contribution in [0.5, 0.6) is 0 Å². The van der Waals surface area contributed by atoms with Crippen LogP contribution in [0.25, 0.3) is 11.4 Å². The van der Waals surface area contributed by atoms with Crippen molar-refractivity contribution in [1.29, 1.82) is 0 Å². The lowest BCUT2D eigenvalue weighted by atomic mass is 10.1. The molecule has 1 saturated heterocycles. The lowest BCUT2D eigenvalue weighted by molar-refractivity contribution is 0.318. The van der Waals surface area contributed by atoms with Gasteiger partial charge in [-0.1, -0.05) is 17.9 Å². The number of sulfonamides is 1. The fraction of sp³-hybridized carbons (Fsp3) is 0.357. The quantitative estimate of drug-likeness (QED) is 0.523. The molecule has 10 nitrogen and oxygen atoms in total. The van der Waals surface area contributed by atoms with Crippen LogP contribution >= 0.6 is 10.6 Å². The minimum Gasteiger partial charge on any atom is -0.299 e. The summed E-state index contributed by atoms with van der Waals surface area (Å²) in [6, 6.07) is 4.56.